The van der Waals surface area contributed by atoms with Crippen LogP contribution in [0.3, 0.4) is 0 Å². The minimum absolute atomic E-state index is 0.0534. The summed E-state index contributed by atoms with van der Waals surface area (Å²) in [5, 5.41) is 6.70. The first-order valence-electron chi connectivity index (χ1n) is 10.5. The maximum absolute atomic E-state index is 12.0. The van der Waals surface area contributed by atoms with Crippen LogP contribution in [-0.4, -0.2) is 113 Å². The van der Waals surface area contributed by atoms with Gasteiger partial charge in [-0.05, 0) is 0 Å². The quantitative estimate of drug-likeness (QED) is 0.122. The van der Waals surface area contributed by atoms with E-state index in [9.17, 15) is 23.5 Å². The number of carbonyl (C=O) groups is 3. The Morgan fingerprint density at radius 2 is 1.92 bits per heavy atom. The second-order valence-corrected chi connectivity index (χ2v) is 10.6. The largest absolute Gasteiger partial charge is 0.477 e. The molecule has 1 aromatic heterocycles. The number of hydrogen-bond acceptors (Lipinski definition) is 11. The first-order valence-corrected chi connectivity index (χ1v) is 13.7. The average Bonchev–Trinajstić information content (AvgIpc) is 2.81. The van der Waals surface area contributed by atoms with Crippen molar-refractivity contribution in [2.45, 2.75) is 5.52 Å². The molecule has 1 aliphatic heterocycles. The van der Waals surface area contributed by atoms with E-state index in [1.807, 2.05) is 4.90 Å². The second kappa shape index (κ2) is 15.0. The number of ether oxygens (including phenoxy) is 1. The Balaban J connectivity index is 1.61. The standard InChI is InChI=1S/C16H27BN6O11P2/c24-13(10-20-14(25)12-9-18-1-2-19-12)21-11-17-33-7-4-23(5-8-34-17)3-6-32-15(26)22-16(35(27)28)36(29,30)31/h1-2,9,16,35H,3-8,10-11H2,(H,20,25)(H,21,24)(H,22,26)(H,27,28)(H2,29,30,31). The molecule has 1 fully saturated rings. The van der Waals surface area contributed by atoms with E-state index in [1.54, 1.807) is 5.32 Å². The van der Waals surface area contributed by atoms with Crippen molar-refractivity contribution in [1.82, 2.24) is 30.8 Å². The van der Waals surface area contributed by atoms with Crippen LogP contribution in [0, 0.1) is 0 Å². The Morgan fingerprint density at radius 3 is 2.50 bits per heavy atom. The van der Waals surface area contributed by atoms with Gasteiger partial charge in [-0.3, -0.25) is 33.9 Å². The van der Waals surface area contributed by atoms with E-state index < -0.39 is 46.2 Å². The summed E-state index contributed by atoms with van der Waals surface area (Å²) in [6.45, 7) is 1.12. The molecule has 1 aromatic rings. The van der Waals surface area contributed by atoms with Crippen LogP contribution in [0.15, 0.2) is 18.6 Å². The molecule has 0 bridgehead atoms. The van der Waals surface area contributed by atoms with Gasteiger partial charge in [0.2, 0.25) is 19.5 Å². The lowest BCUT2D eigenvalue weighted by Crippen LogP contribution is -2.47. The summed E-state index contributed by atoms with van der Waals surface area (Å²) in [6.07, 6.45) is 2.87. The van der Waals surface area contributed by atoms with Crippen LogP contribution in [0.2, 0.25) is 0 Å². The van der Waals surface area contributed by atoms with Crippen molar-refractivity contribution in [2.75, 3.05) is 52.4 Å². The highest BCUT2D eigenvalue weighted by Gasteiger charge is 2.35. The highest BCUT2D eigenvalue weighted by molar-refractivity contribution is 7.65. The number of alkyl carbamates (subject to hydrolysis) is 1. The van der Waals surface area contributed by atoms with Gasteiger partial charge < -0.3 is 39.4 Å². The van der Waals surface area contributed by atoms with E-state index >= 15 is 0 Å². The third kappa shape index (κ3) is 11.1. The zero-order chi connectivity index (χ0) is 26.6. The predicted octanol–water partition coefficient (Wildman–Crippen LogP) is -2.65. The normalized spacial score (nSPS) is 16.7. The first-order chi connectivity index (χ1) is 17.1. The maximum atomic E-state index is 12.0. The number of hydrogen-bond donors (Lipinski definition) is 6. The third-order valence-electron chi connectivity index (χ3n) is 4.56. The summed E-state index contributed by atoms with van der Waals surface area (Å²) in [5.41, 5.74) is -2.13. The fraction of sp³-hybridized carbons (Fsp3) is 0.562. The molecule has 3 amide bonds. The SMILES string of the molecule is O=C(CNC(=O)c1cnccn1)NCB1OCCN(CCOC(=O)NC([PH](=O)O)P(=O)(O)O)CCO1. The number of amides is 3. The molecule has 1 saturated heterocycles. The molecule has 0 aliphatic carbocycles. The molecule has 0 radical (unpaired) electrons. The molecule has 6 N–H and O–H groups in total. The van der Waals surface area contributed by atoms with Crippen LogP contribution < -0.4 is 16.0 Å². The molecular weight excluding hydrogens is 525 g/mol. The zero-order valence-electron chi connectivity index (χ0n) is 18.9. The van der Waals surface area contributed by atoms with Crippen molar-refractivity contribution in [3.63, 3.8) is 0 Å². The zero-order valence-corrected chi connectivity index (χ0v) is 20.8. The summed E-state index contributed by atoms with van der Waals surface area (Å²) in [6, 6.07) is 0. The summed E-state index contributed by atoms with van der Waals surface area (Å²) in [7, 11) is -9.46. The van der Waals surface area contributed by atoms with E-state index in [2.05, 4.69) is 20.6 Å². The molecule has 2 heterocycles. The number of rotatable bonds is 11. The molecule has 2 unspecified atom stereocenters. The Morgan fingerprint density at radius 1 is 1.22 bits per heavy atom. The van der Waals surface area contributed by atoms with Crippen LogP contribution >= 0.6 is 15.6 Å². The fourth-order valence-corrected chi connectivity index (χ4v) is 4.43. The molecule has 1 aliphatic rings. The number of carbonyl (C=O) groups excluding carboxylic acids is 3. The van der Waals surface area contributed by atoms with E-state index in [1.165, 1.54) is 18.6 Å². The smallest absolute Gasteiger partial charge is 0.448 e. The Labute approximate surface area is 206 Å². The lowest BCUT2D eigenvalue weighted by atomic mass is 9.90. The molecule has 36 heavy (non-hydrogen) atoms. The van der Waals surface area contributed by atoms with Crippen LogP contribution in [0.4, 0.5) is 4.79 Å². The maximum Gasteiger partial charge on any atom is 0.477 e. The van der Waals surface area contributed by atoms with Crippen molar-refractivity contribution in [1.29, 1.82) is 0 Å². The average molecular weight is 552 g/mol. The summed E-state index contributed by atoms with van der Waals surface area (Å²) < 4.78 is 38.1. The van der Waals surface area contributed by atoms with Crippen LogP contribution in [0.25, 0.3) is 0 Å². The number of aromatic nitrogens is 2. The topological polar surface area (TPSA) is 239 Å². The van der Waals surface area contributed by atoms with Crippen molar-refractivity contribution < 1.29 is 52.2 Å². The molecule has 0 saturated carbocycles. The van der Waals surface area contributed by atoms with Gasteiger partial charge in [-0.2, -0.15) is 0 Å². The summed E-state index contributed by atoms with van der Waals surface area (Å²) in [4.78, 5) is 71.9. The Hall–Kier alpha value is -2.43. The van der Waals surface area contributed by atoms with Gasteiger partial charge in [0.25, 0.3) is 5.91 Å². The third-order valence-corrected chi connectivity index (χ3v) is 7.64. The Kier molecular flexibility index (Phi) is 12.4. The first kappa shape index (κ1) is 29.8. The van der Waals surface area contributed by atoms with Crippen molar-refractivity contribution in [2.24, 2.45) is 0 Å². The van der Waals surface area contributed by atoms with Crippen molar-refractivity contribution >= 4 is 40.6 Å². The van der Waals surface area contributed by atoms with Crippen LogP contribution in [0.1, 0.15) is 10.5 Å². The lowest BCUT2D eigenvalue weighted by molar-refractivity contribution is -0.119. The molecule has 17 nitrogen and oxygen atoms in total. The predicted molar refractivity (Wildman–Crippen MR) is 123 cm³/mol. The molecule has 0 aromatic carbocycles. The van der Waals surface area contributed by atoms with Gasteiger partial charge >= 0.3 is 20.8 Å². The minimum atomic E-state index is -5.02. The van der Waals surface area contributed by atoms with Crippen LogP contribution in [-0.2, 0) is 28.0 Å². The van der Waals surface area contributed by atoms with Gasteiger partial charge in [-0.15, -0.1) is 0 Å². The molecule has 20 heteroatoms. The van der Waals surface area contributed by atoms with Crippen molar-refractivity contribution in [3.8, 4) is 0 Å². The minimum Gasteiger partial charge on any atom is -0.448 e. The Bertz CT molecular complexity index is 946. The van der Waals surface area contributed by atoms with E-state index in [0.717, 1.165) is 0 Å². The number of nitrogens with one attached hydrogen (secondary N) is 3. The molecule has 200 valence electrons. The van der Waals surface area contributed by atoms with Gasteiger partial charge in [0.1, 0.15) is 12.3 Å². The molecule has 0 spiro atoms. The van der Waals surface area contributed by atoms with Gasteiger partial charge in [0.05, 0.1) is 19.2 Å². The highest BCUT2D eigenvalue weighted by Crippen LogP contribution is 2.49. The van der Waals surface area contributed by atoms with Gasteiger partial charge in [0, 0.05) is 45.2 Å². The molecule has 2 rings (SSSR count). The monoisotopic (exact) mass is 552 g/mol. The lowest BCUT2D eigenvalue weighted by Gasteiger charge is -2.27. The molecule has 2 atom stereocenters. The number of nitrogens with zero attached hydrogens (tertiary/aromatic N) is 3. The van der Waals surface area contributed by atoms with E-state index in [0.29, 0.717) is 13.1 Å². The summed E-state index contributed by atoms with van der Waals surface area (Å²) in [5.74, 6) is -0.991. The van der Waals surface area contributed by atoms with Crippen molar-refractivity contribution in [3.05, 3.63) is 24.3 Å². The second-order valence-electron chi connectivity index (χ2n) is 7.20. The highest BCUT2D eigenvalue weighted by atomic mass is 31.2. The van der Waals surface area contributed by atoms with Gasteiger partial charge in [-0.1, -0.05) is 0 Å². The fourth-order valence-electron chi connectivity index (χ4n) is 2.77. The molecular formula is C16H27BN6O11P2. The van der Waals surface area contributed by atoms with E-state index in [4.69, 9.17) is 28.7 Å². The van der Waals surface area contributed by atoms with Gasteiger partial charge in [0.15, 0.2) is 0 Å². The van der Waals surface area contributed by atoms with Gasteiger partial charge in [-0.25, -0.2) is 9.78 Å². The van der Waals surface area contributed by atoms with E-state index in [-0.39, 0.29) is 45.0 Å². The summed E-state index contributed by atoms with van der Waals surface area (Å²) >= 11 is 0. The van der Waals surface area contributed by atoms with Crippen LogP contribution in [0.5, 0.6) is 0 Å².